The fraction of sp³-hybridized carbons (Fsp3) is 0.273. The fourth-order valence-corrected chi connectivity index (χ4v) is 1.77. The molecule has 0 radical (unpaired) electrons. The Morgan fingerprint density at radius 1 is 1.31 bits per heavy atom. The first-order valence-corrected chi connectivity index (χ1v) is 4.37. The Kier molecular flexibility index (Phi) is 1.97. The lowest BCUT2D eigenvalue weighted by molar-refractivity contribution is 0.138. The molecule has 1 aromatic rings. The van der Waals surface area contributed by atoms with Crippen molar-refractivity contribution in [2.45, 2.75) is 12.8 Å². The van der Waals surface area contributed by atoms with Crippen molar-refractivity contribution >= 4 is 5.57 Å². The number of benzene rings is 1. The van der Waals surface area contributed by atoms with Gasteiger partial charge in [-0.25, -0.2) is 0 Å². The summed E-state index contributed by atoms with van der Waals surface area (Å²) in [5.41, 5.74) is 3.35. The van der Waals surface area contributed by atoms with E-state index in [0.29, 0.717) is 0 Å². The summed E-state index contributed by atoms with van der Waals surface area (Å²) in [6.07, 6.45) is 1.87. The lowest BCUT2D eigenvalue weighted by Gasteiger charge is -2.03. The number of rotatable bonds is 1. The maximum absolute atomic E-state index is 9.46. The Balaban J connectivity index is 2.50. The van der Waals surface area contributed by atoms with E-state index in [1.54, 1.807) is 0 Å². The molecule has 0 saturated carbocycles. The van der Waals surface area contributed by atoms with E-state index in [9.17, 15) is 5.11 Å². The highest BCUT2D eigenvalue weighted by Crippen LogP contribution is 2.33. The van der Waals surface area contributed by atoms with Crippen molar-refractivity contribution in [2.24, 2.45) is 0 Å². The zero-order chi connectivity index (χ0) is 9.26. The van der Waals surface area contributed by atoms with Gasteiger partial charge >= 0.3 is 0 Å². The van der Waals surface area contributed by atoms with Crippen LogP contribution in [0.2, 0.25) is 0 Å². The molecule has 2 nitrogen and oxygen atoms in total. The predicted molar refractivity (Wildman–Crippen MR) is 51.3 cm³/mol. The Hall–Kier alpha value is -1.44. The van der Waals surface area contributed by atoms with Crippen LogP contribution in [0.1, 0.15) is 17.5 Å². The van der Waals surface area contributed by atoms with Gasteiger partial charge in [0.25, 0.3) is 5.95 Å². The molecule has 0 unspecified atom stereocenters. The Labute approximate surface area is 77.5 Å². The fourth-order valence-electron chi connectivity index (χ4n) is 1.77. The maximum atomic E-state index is 9.46. The number of allylic oxidation sites excluding steroid dienone is 1. The van der Waals surface area contributed by atoms with E-state index in [-0.39, 0.29) is 5.95 Å². The molecule has 1 aliphatic rings. The molecule has 0 aromatic heterocycles. The average molecular weight is 176 g/mol. The van der Waals surface area contributed by atoms with Crippen molar-refractivity contribution in [2.75, 3.05) is 7.11 Å². The van der Waals surface area contributed by atoms with Gasteiger partial charge in [-0.2, -0.15) is 0 Å². The zero-order valence-electron chi connectivity index (χ0n) is 7.58. The maximum Gasteiger partial charge on any atom is 0.280 e. The molecule has 1 aromatic carbocycles. The summed E-state index contributed by atoms with van der Waals surface area (Å²) in [5, 5.41) is 9.46. The van der Waals surface area contributed by atoms with Gasteiger partial charge in [0.2, 0.25) is 0 Å². The number of fused-ring (bicyclic) bond motifs is 1. The van der Waals surface area contributed by atoms with Crippen LogP contribution in [0, 0.1) is 0 Å². The number of methoxy groups -OCH3 is 1. The molecule has 0 fully saturated rings. The number of aliphatic hydroxyl groups excluding tert-OH is 1. The molecular weight excluding hydrogens is 164 g/mol. The predicted octanol–water partition coefficient (Wildman–Crippen LogP) is 2.51. The van der Waals surface area contributed by atoms with E-state index in [4.69, 9.17) is 4.74 Å². The molecule has 0 amide bonds. The number of aryl methyl sites for hydroxylation is 1. The second-order valence-electron chi connectivity index (χ2n) is 3.14. The van der Waals surface area contributed by atoms with Gasteiger partial charge < -0.3 is 9.84 Å². The van der Waals surface area contributed by atoms with Crippen molar-refractivity contribution < 1.29 is 9.84 Å². The highest BCUT2D eigenvalue weighted by molar-refractivity contribution is 5.72. The van der Waals surface area contributed by atoms with Crippen molar-refractivity contribution in [1.82, 2.24) is 0 Å². The van der Waals surface area contributed by atoms with Crippen LogP contribution in [-0.4, -0.2) is 12.2 Å². The second kappa shape index (κ2) is 3.13. The van der Waals surface area contributed by atoms with Crippen LogP contribution in [-0.2, 0) is 11.2 Å². The van der Waals surface area contributed by atoms with Gasteiger partial charge in [-0.05, 0) is 24.0 Å². The smallest absolute Gasteiger partial charge is 0.280 e. The summed E-state index contributed by atoms with van der Waals surface area (Å²) in [5.74, 6) is 0.0601. The van der Waals surface area contributed by atoms with Crippen LogP contribution >= 0.6 is 0 Å². The van der Waals surface area contributed by atoms with E-state index >= 15 is 0 Å². The summed E-state index contributed by atoms with van der Waals surface area (Å²) in [4.78, 5) is 0. The molecule has 0 saturated heterocycles. The first-order valence-electron chi connectivity index (χ1n) is 4.37. The van der Waals surface area contributed by atoms with Crippen molar-refractivity contribution in [3.8, 4) is 0 Å². The van der Waals surface area contributed by atoms with Gasteiger partial charge in [0.15, 0.2) is 0 Å². The van der Waals surface area contributed by atoms with Gasteiger partial charge in [-0.3, -0.25) is 0 Å². The van der Waals surface area contributed by atoms with Crippen molar-refractivity contribution in [3.63, 3.8) is 0 Å². The van der Waals surface area contributed by atoms with E-state index in [0.717, 1.165) is 24.0 Å². The third-order valence-electron chi connectivity index (χ3n) is 2.44. The van der Waals surface area contributed by atoms with Crippen LogP contribution in [0.15, 0.2) is 30.2 Å². The number of hydrogen-bond acceptors (Lipinski definition) is 2. The highest BCUT2D eigenvalue weighted by Gasteiger charge is 2.19. The molecule has 0 aliphatic heterocycles. The van der Waals surface area contributed by atoms with Gasteiger partial charge in [0.1, 0.15) is 0 Å². The van der Waals surface area contributed by atoms with Gasteiger partial charge in [-0.1, -0.05) is 24.3 Å². The monoisotopic (exact) mass is 176 g/mol. The molecule has 68 valence electrons. The quantitative estimate of drug-likeness (QED) is 0.666. The zero-order valence-corrected chi connectivity index (χ0v) is 7.58. The molecule has 2 rings (SSSR count). The average Bonchev–Trinajstić information content (AvgIpc) is 2.60. The summed E-state index contributed by atoms with van der Waals surface area (Å²) in [7, 11) is 1.49. The summed E-state index contributed by atoms with van der Waals surface area (Å²) < 4.78 is 4.83. The molecule has 0 heterocycles. The highest BCUT2D eigenvalue weighted by atomic mass is 16.6. The lowest BCUT2D eigenvalue weighted by atomic mass is 10.1. The number of aliphatic hydroxyl groups is 1. The lowest BCUT2D eigenvalue weighted by Crippen LogP contribution is -1.89. The van der Waals surface area contributed by atoms with E-state index in [1.807, 2.05) is 18.2 Å². The SMILES string of the molecule is CO/C(O)=C1/CCc2ccccc21. The van der Waals surface area contributed by atoms with Crippen LogP contribution in [0.4, 0.5) is 0 Å². The van der Waals surface area contributed by atoms with Crippen LogP contribution < -0.4 is 0 Å². The minimum absolute atomic E-state index is 0.0601. The molecule has 13 heavy (non-hydrogen) atoms. The minimum atomic E-state index is 0.0601. The molecule has 2 heteroatoms. The summed E-state index contributed by atoms with van der Waals surface area (Å²) in [6.45, 7) is 0. The molecule has 0 bridgehead atoms. The standard InChI is InChI=1S/C11H12O2/c1-13-11(12)10-7-6-8-4-2-3-5-9(8)10/h2-5,12H,6-7H2,1H3/b11-10-. The number of hydrogen-bond donors (Lipinski definition) is 1. The van der Waals surface area contributed by atoms with E-state index < -0.39 is 0 Å². The minimum Gasteiger partial charge on any atom is -0.481 e. The Bertz CT molecular complexity index is 353. The molecule has 1 N–H and O–H groups in total. The third kappa shape index (κ3) is 1.28. The first kappa shape index (κ1) is 8.17. The van der Waals surface area contributed by atoms with Crippen molar-refractivity contribution in [1.29, 1.82) is 0 Å². The normalized spacial score (nSPS) is 18.2. The topological polar surface area (TPSA) is 29.5 Å². The van der Waals surface area contributed by atoms with Gasteiger partial charge in [0, 0.05) is 5.57 Å². The van der Waals surface area contributed by atoms with Crippen molar-refractivity contribution in [3.05, 3.63) is 41.3 Å². The summed E-state index contributed by atoms with van der Waals surface area (Å²) >= 11 is 0. The third-order valence-corrected chi connectivity index (χ3v) is 2.44. The molecular formula is C11H12O2. The second-order valence-corrected chi connectivity index (χ2v) is 3.14. The van der Waals surface area contributed by atoms with Gasteiger partial charge in [-0.15, -0.1) is 0 Å². The van der Waals surface area contributed by atoms with Gasteiger partial charge in [0.05, 0.1) is 7.11 Å². The van der Waals surface area contributed by atoms with Crippen LogP contribution in [0.3, 0.4) is 0 Å². The number of ether oxygens (including phenoxy) is 1. The first-order chi connectivity index (χ1) is 6.33. The summed E-state index contributed by atoms with van der Waals surface area (Å²) in [6, 6.07) is 8.11. The van der Waals surface area contributed by atoms with E-state index in [2.05, 4.69) is 6.07 Å². The van der Waals surface area contributed by atoms with Crippen LogP contribution in [0.25, 0.3) is 5.57 Å². The Morgan fingerprint density at radius 3 is 2.85 bits per heavy atom. The molecule has 0 atom stereocenters. The molecule has 1 aliphatic carbocycles. The molecule has 0 spiro atoms. The van der Waals surface area contributed by atoms with E-state index in [1.165, 1.54) is 12.7 Å². The largest absolute Gasteiger partial charge is 0.481 e. The van der Waals surface area contributed by atoms with Crippen LogP contribution in [0.5, 0.6) is 0 Å². The Morgan fingerprint density at radius 2 is 2.08 bits per heavy atom.